The molecule has 0 bridgehead atoms. The van der Waals surface area contributed by atoms with Crippen LogP contribution < -0.4 is 15.5 Å². The predicted molar refractivity (Wildman–Crippen MR) is 104 cm³/mol. The molecule has 140 valence electrons. The van der Waals surface area contributed by atoms with E-state index in [1.807, 2.05) is 12.1 Å². The fourth-order valence-corrected chi connectivity index (χ4v) is 3.10. The van der Waals surface area contributed by atoms with Crippen molar-refractivity contribution in [3.63, 3.8) is 0 Å². The van der Waals surface area contributed by atoms with Crippen molar-refractivity contribution >= 4 is 35.0 Å². The van der Waals surface area contributed by atoms with E-state index in [0.717, 1.165) is 17.7 Å². The van der Waals surface area contributed by atoms with Crippen molar-refractivity contribution in [2.24, 2.45) is 0 Å². The summed E-state index contributed by atoms with van der Waals surface area (Å²) in [5.74, 6) is -0.529. The molecule has 0 saturated carbocycles. The maximum Gasteiger partial charge on any atom is 0.251 e. The van der Waals surface area contributed by atoms with E-state index in [0.29, 0.717) is 30.1 Å². The lowest BCUT2D eigenvalue weighted by molar-refractivity contribution is -0.120. The molecule has 0 unspecified atom stereocenters. The SMILES string of the molecule is O=C(CNC(=O)c1ccc(N2CCCC2=O)cc1)NCc1cccc(Cl)c1. The van der Waals surface area contributed by atoms with E-state index in [9.17, 15) is 14.4 Å². The largest absolute Gasteiger partial charge is 0.350 e. The van der Waals surface area contributed by atoms with Crippen LogP contribution in [0.1, 0.15) is 28.8 Å². The normalized spacial score (nSPS) is 13.5. The number of hydrogen-bond acceptors (Lipinski definition) is 3. The molecule has 1 fully saturated rings. The number of amides is 3. The Bertz CT molecular complexity index is 852. The molecule has 0 radical (unpaired) electrons. The minimum absolute atomic E-state index is 0.101. The van der Waals surface area contributed by atoms with Crippen LogP contribution in [0.3, 0.4) is 0 Å². The molecule has 7 heteroatoms. The zero-order valence-electron chi connectivity index (χ0n) is 14.7. The Morgan fingerprint density at radius 1 is 1.07 bits per heavy atom. The van der Waals surface area contributed by atoms with Gasteiger partial charge in [-0.25, -0.2) is 0 Å². The van der Waals surface area contributed by atoms with Crippen molar-refractivity contribution < 1.29 is 14.4 Å². The third-order valence-electron chi connectivity index (χ3n) is 4.30. The second-order valence-electron chi connectivity index (χ2n) is 6.29. The zero-order valence-corrected chi connectivity index (χ0v) is 15.5. The number of hydrogen-bond donors (Lipinski definition) is 2. The lowest BCUT2D eigenvalue weighted by Gasteiger charge is -2.15. The van der Waals surface area contributed by atoms with Gasteiger partial charge in [0.15, 0.2) is 0 Å². The first-order chi connectivity index (χ1) is 13.0. The van der Waals surface area contributed by atoms with Crippen LogP contribution in [0.4, 0.5) is 5.69 Å². The first kappa shape index (κ1) is 18.9. The highest BCUT2D eigenvalue weighted by molar-refractivity contribution is 6.30. The Morgan fingerprint density at radius 3 is 2.52 bits per heavy atom. The fourth-order valence-electron chi connectivity index (χ4n) is 2.89. The molecular weight excluding hydrogens is 366 g/mol. The van der Waals surface area contributed by atoms with Crippen molar-refractivity contribution in [1.82, 2.24) is 10.6 Å². The van der Waals surface area contributed by atoms with Gasteiger partial charge in [-0.3, -0.25) is 14.4 Å². The Kier molecular flexibility index (Phi) is 6.08. The monoisotopic (exact) mass is 385 g/mol. The summed E-state index contributed by atoms with van der Waals surface area (Å²) >= 11 is 5.90. The van der Waals surface area contributed by atoms with E-state index in [-0.39, 0.29) is 24.3 Å². The molecule has 0 spiro atoms. The average molecular weight is 386 g/mol. The van der Waals surface area contributed by atoms with Gasteiger partial charge in [0.2, 0.25) is 11.8 Å². The van der Waals surface area contributed by atoms with Gasteiger partial charge in [-0.15, -0.1) is 0 Å². The van der Waals surface area contributed by atoms with Crippen LogP contribution >= 0.6 is 11.6 Å². The van der Waals surface area contributed by atoms with Crippen LogP contribution in [0, 0.1) is 0 Å². The highest BCUT2D eigenvalue weighted by atomic mass is 35.5. The van der Waals surface area contributed by atoms with Gasteiger partial charge in [0.05, 0.1) is 6.54 Å². The molecular formula is C20H20ClN3O3. The maximum atomic E-state index is 12.2. The van der Waals surface area contributed by atoms with Gasteiger partial charge < -0.3 is 15.5 Å². The van der Waals surface area contributed by atoms with E-state index < -0.39 is 0 Å². The number of nitrogens with zero attached hydrogens (tertiary/aromatic N) is 1. The minimum Gasteiger partial charge on any atom is -0.350 e. The van der Waals surface area contributed by atoms with Crippen LogP contribution in [-0.2, 0) is 16.1 Å². The van der Waals surface area contributed by atoms with Gasteiger partial charge in [-0.1, -0.05) is 23.7 Å². The Labute approximate surface area is 162 Å². The minimum atomic E-state index is -0.341. The standard InChI is InChI=1S/C20H20ClN3O3/c21-16-4-1-3-14(11-16)12-22-18(25)13-23-20(27)15-6-8-17(9-7-15)24-10-2-5-19(24)26/h1,3-4,6-9,11H,2,5,10,12-13H2,(H,22,25)(H,23,27). The smallest absolute Gasteiger partial charge is 0.251 e. The summed E-state index contributed by atoms with van der Waals surface area (Å²) in [6.45, 7) is 0.927. The summed E-state index contributed by atoms with van der Waals surface area (Å²) in [4.78, 5) is 37.5. The van der Waals surface area contributed by atoms with Crippen molar-refractivity contribution in [1.29, 1.82) is 0 Å². The molecule has 27 heavy (non-hydrogen) atoms. The Balaban J connectivity index is 1.47. The fraction of sp³-hybridized carbons (Fsp3) is 0.250. The number of carbonyl (C=O) groups is 3. The molecule has 3 amide bonds. The lowest BCUT2D eigenvalue weighted by atomic mass is 10.2. The molecule has 1 saturated heterocycles. The number of halogens is 1. The van der Waals surface area contributed by atoms with Crippen molar-refractivity contribution in [2.45, 2.75) is 19.4 Å². The summed E-state index contributed by atoms with van der Waals surface area (Å²) < 4.78 is 0. The molecule has 6 nitrogen and oxygen atoms in total. The molecule has 1 aliphatic rings. The molecule has 2 aromatic carbocycles. The lowest BCUT2D eigenvalue weighted by Crippen LogP contribution is -2.36. The number of carbonyl (C=O) groups excluding carboxylic acids is 3. The van der Waals surface area contributed by atoms with Crippen LogP contribution in [-0.4, -0.2) is 30.8 Å². The summed E-state index contributed by atoms with van der Waals surface area (Å²) in [5.41, 5.74) is 2.11. The van der Waals surface area contributed by atoms with Crippen molar-refractivity contribution in [2.75, 3.05) is 18.0 Å². The molecule has 3 rings (SSSR count). The van der Waals surface area contributed by atoms with E-state index in [2.05, 4.69) is 10.6 Å². The number of anilines is 1. The first-order valence-corrected chi connectivity index (χ1v) is 9.10. The van der Waals surface area contributed by atoms with Gasteiger partial charge >= 0.3 is 0 Å². The van der Waals surface area contributed by atoms with E-state index >= 15 is 0 Å². The summed E-state index contributed by atoms with van der Waals surface area (Å²) in [6.07, 6.45) is 1.41. The number of benzene rings is 2. The topological polar surface area (TPSA) is 78.5 Å². The van der Waals surface area contributed by atoms with Gasteiger partial charge in [0.25, 0.3) is 5.91 Å². The van der Waals surface area contributed by atoms with Crippen molar-refractivity contribution in [3.05, 3.63) is 64.7 Å². The number of nitrogens with one attached hydrogen (secondary N) is 2. The Morgan fingerprint density at radius 2 is 1.85 bits per heavy atom. The zero-order chi connectivity index (χ0) is 19.2. The van der Waals surface area contributed by atoms with Crippen LogP contribution in [0.15, 0.2) is 48.5 Å². The molecule has 2 N–H and O–H groups in total. The second kappa shape index (κ2) is 8.68. The van der Waals surface area contributed by atoms with E-state index in [4.69, 9.17) is 11.6 Å². The third kappa shape index (κ3) is 5.08. The summed E-state index contributed by atoms with van der Waals surface area (Å²) in [7, 11) is 0. The molecule has 1 aliphatic heterocycles. The van der Waals surface area contributed by atoms with Crippen LogP contribution in [0.2, 0.25) is 5.02 Å². The highest BCUT2D eigenvalue weighted by Gasteiger charge is 2.21. The molecule has 0 aromatic heterocycles. The average Bonchev–Trinajstić information content (AvgIpc) is 3.10. The third-order valence-corrected chi connectivity index (χ3v) is 4.54. The maximum absolute atomic E-state index is 12.2. The summed E-state index contributed by atoms with van der Waals surface area (Å²) in [6, 6.07) is 14.0. The highest BCUT2D eigenvalue weighted by Crippen LogP contribution is 2.21. The van der Waals surface area contributed by atoms with E-state index in [1.54, 1.807) is 41.3 Å². The predicted octanol–water partition coefficient (Wildman–Crippen LogP) is 2.51. The quantitative estimate of drug-likeness (QED) is 0.802. The van der Waals surface area contributed by atoms with Crippen LogP contribution in [0.5, 0.6) is 0 Å². The number of rotatable bonds is 6. The molecule has 2 aromatic rings. The molecule has 0 atom stereocenters. The molecule has 0 aliphatic carbocycles. The second-order valence-corrected chi connectivity index (χ2v) is 6.72. The Hall–Kier alpha value is -2.86. The van der Waals surface area contributed by atoms with Crippen molar-refractivity contribution in [3.8, 4) is 0 Å². The van der Waals surface area contributed by atoms with E-state index in [1.165, 1.54) is 0 Å². The molecule has 1 heterocycles. The first-order valence-electron chi connectivity index (χ1n) is 8.73. The van der Waals surface area contributed by atoms with Gasteiger partial charge in [0, 0.05) is 35.8 Å². The van der Waals surface area contributed by atoms with Gasteiger partial charge in [-0.05, 0) is 48.4 Å². The van der Waals surface area contributed by atoms with Gasteiger partial charge in [0.1, 0.15) is 0 Å². The van der Waals surface area contributed by atoms with Crippen LogP contribution in [0.25, 0.3) is 0 Å². The summed E-state index contributed by atoms with van der Waals surface area (Å²) in [5, 5.41) is 5.92. The van der Waals surface area contributed by atoms with Gasteiger partial charge in [-0.2, -0.15) is 0 Å².